The van der Waals surface area contributed by atoms with Gasteiger partial charge >= 0.3 is 0 Å². The predicted octanol–water partition coefficient (Wildman–Crippen LogP) is -1.93. The number of aliphatic hydroxyl groups is 4. The van der Waals surface area contributed by atoms with Crippen LogP contribution in [0.25, 0.3) is 0 Å². The predicted molar refractivity (Wildman–Crippen MR) is 75.4 cm³/mol. The van der Waals surface area contributed by atoms with Crippen LogP contribution in [-0.2, 0) is 4.79 Å². The van der Waals surface area contributed by atoms with Crippen molar-refractivity contribution in [3.63, 3.8) is 0 Å². The van der Waals surface area contributed by atoms with Gasteiger partial charge in [0.05, 0.1) is 13.7 Å². The second-order valence-corrected chi connectivity index (χ2v) is 4.59. The van der Waals surface area contributed by atoms with Crippen molar-refractivity contribution in [3.05, 3.63) is 29.8 Å². The molecule has 0 aromatic heterocycles. The summed E-state index contributed by atoms with van der Waals surface area (Å²) in [6.45, 7) is -0.795. The van der Waals surface area contributed by atoms with E-state index in [1.165, 1.54) is 19.2 Å². The van der Waals surface area contributed by atoms with E-state index in [0.717, 1.165) is 0 Å². The fourth-order valence-corrected chi connectivity index (χ4v) is 1.73. The number of benzene rings is 1. The van der Waals surface area contributed by atoms with Gasteiger partial charge in [-0.15, -0.1) is 0 Å². The number of carbonyl (C=O) groups excluding carboxylic acids is 2. The van der Waals surface area contributed by atoms with Crippen molar-refractivity contribution in [2.75, 3.05) is 13.7 Å². The first kappa shape index (κ1) is 18.1. The Morgan fingerprint density at radius 2 is 1.82 bits per heavy atom. The number of carbonyl (C=O) groups is 2. The quantitative estimate of drug-likeness (QED) is 0.352. The first-order chi connectivity index (χ1) is 10.4. The van der Waals surface area contributed by atoms with E-state index < -0.39 is 36.9 Å². The Balaban J connectivity index is 2.75. The van der Waals surface area contributed by atoms with Crippen LogP contribution >= 0.6 is 0 Å². The normalized spacial score (nSPS) is 16.2. The molecule has 0 bridgehead atoms. The molecule has 1 amide bonds. The minimum Gasteiger partial charge on any atom is -0.497 e. The van der Waals surface area contributed by atoms with Gasteiger partial charge in [-0.2, -0.15) is 0 Å². The SMILES string of the molecule is COc1ccc(C(=O)N[C@@H](C=O)[C@@H](O)[C@H](O)C(O)CO)cc1. The molecular formula is C14H19NO7. The average molecular weight is 313 g/mol. The van der Waals surface area contributed by atoms with E-state index in [0.29, 0.717) is 5.75 Å². The number of nitrogens with one attached hydrogen (secondary N) is 1. The molecule has 0 aliphatic heterocycles. The summed E-state index contributed by atoms with van der Waals surface area (Å²) in [7, 11) is 1.47. The molecule has 1 unspecified atom stereocenters. The number of aldehydes is 1. The van der Waals surface area contributed by atoms with Gasteiger partial charge in [-0.3, -0.25) is 4.79 Å². The summed E-state index contributed by atoms with van der Waals surface area (Å²) < 4.78 is 4.95. The zero-order valence-corrected chi connectivity index (χ0v) is 11.9. The van der Waals surface area contributed by atoms with Gasteiger partial charge < -0.3 is 35.3 Å². The summed E-state index contributed by atoms with van der Waals surface area (Å²) in [5, 5.41) is 39.5. The van der Waals surface area contributed by atoms with Gasteiger partial charge in [0.25, 0.3) is 5.91 Å². The van der Waals surface area contributed by atoms with Gasteiger partial charge in [-0.1, -0.05) is 0 Å². The molecule has 0 spiro atoms. The molecule has 0 saturated carbocycles. The molecule has 122 valence electrons. The van der Waals surface area contributed by atoms with Crippen LogP contribution in [0.3, 0.4) is 0 Å². The van der Waals surface area contributed by atoms with Gasteiger partial charge in [0, 0.05) is 5.56 Å². The molecule has 0 radical (unpaired) electrons. The van der Waals surface area contributed by atoms with E-state index in [4.69, 9.17) is 9.84 Å². The molecule has 0 fully saturated rings. The first-order valence-corrected chi connectivity index (χ1v) is 6.49. The number of hydrogen-bond acceptors (Lipinski definition) is 7. The van der Waals surface area contributed by atoms with Crippen molar-refractivity contribution in [2.45, 2.75) is 24.4 Å². The van der Waals surface area contributed by atoms with Gasteiger partial charge in [0.2, 0.25) is 0 Å². The Labute approximate surface area is 127 Å². The van der Waals surface area contributed by atoms with E-state index >= 15 is 0 Å². The van der Waals surface area contributed by atoms with Gasteiger partial charge in [0.1, 0.15) is 36.4 Å². The highest BCUT2D eigenvalue weighted by atomic mass is 16.5. The lowest BCUT2D eigenvalue weighted by Gasteiger charge is -2.26. The molecule has 4 atom stereocenters. The van der Waals surface area contributed by atoms with Crippen LogP contribution in [0.2, 0.25) is 0 Å². The molecule has 8 heteroatoms. The maximum absolute atomic E-state index is 12.0. The lowest BCUT2D eigenvalue weighted by Crippen LogP contribution is -2.53. The molecule has 0 saturated heterocycles. The summed E-state index contributed by atoms with van der Waals surface area (Å²) >= 11 is 0. The highest BCUT2D eigenvalue weighted by Crippen LogP contribution is 2.12. The molecular weight excluding hydrogens is 294 g/mol. The van der Waals surface area contributed by atoms with Crippen LogP contribution in [0.1, 0.15) is 10.4 Å². The number of rotatable bonds is 8. The Hall–Kier alpha value is -2.00. The van der Waals surface area contributed by atoms with E-state index in [9.17, 15) is 24.9 Å². The minimum absolute atomic E-state index is 0.219. The maximum atomic E-state index is 12.0. The Morgan fingerprint density at radius 1 is 1.23 bits per heavy atom. The van der Waals surface area contributed by atoms with Crippen molar-refractivity contribution < 1.29 is 34.8 Å². The van der Waals surface area contributed by atoms with Crippen molar-refractivity contribution in [3.8, 4) is 5.75 Å². The van der Waals surface area contributed by atoms with Crippen molar-refractivity contribution in [2.24, 2.45) is 0 Å². The third-order valence-corrected chi connectivity index (χ3v) is 3.10. The topological polar surface area (TPSA) is 136 Å². The lowest BCUT2D eigenvalue weighted by atomic mass is 10.0. The molecule has 0 aliphatic carbocycles. The minimum atomic E-state index is -1.78. The second kappa shape index (κ2) is 8.44. The highest BCUT2D eigenvalue weighted by molar-refractivity contribution is 5.95. The smallest absolute Gasteiger partial charge is 0.251 e. The molecule has 8 nitrogen and oxygen atoms in total. The third-order valence-electron chi connectivity index (χ3n) is 3.10. The Kier molecular flexibility index (Phi) is 6.93. The summed E-state index contributed by atoms with van der Waals surface area (Å²) in [5.74, 6) is -0.102. The molecule has 22 heavy (non-hydrogen) atoms. The third kappa shape index (κ3) is 4.50. The molecule has 1 aromatic rings. The van der Waals surface area contributed by atoms with Crippen LogP contribution in [0.4, 0.5) is 0 Å². The average Bonchev–Trinajstić information content (AvgIpc) is 2.57. The molecule has 0 heterocycles. The van der Waals surface area contributed by atoms with E-state index in [-0.39, 0.29) is 11.8 Å². The molecule has 0 aliphatic rings. The van der Waals surface area contributed by atoms with Crippen LogP contribution in [0.15, 0.2) is 24.3 Å². The monoisotopic (exact) mass is 313 g/mol. The summed E-state index contributed by atoms with van der Waals surface area (Å²) in [6.07, 6.45) is -4.94. The van der Waals surface area contributed by atoms with E-state index in [2.05, 4.69) is 5.32 Å². The van der Waals surface area contributed by atoms with Crippen molar-refractivity contribution in [1.29, 1.82) is 0 Å². The zero-order valence-electron chi connectivity index (χ0n) is 11.9. The first-order valence-electron chi connectivity index (χ1n) is 6.49. The van der Waals surface area contributed by atoms with Crippen molar-refractivity contribution in [1.82, 2.24) is 5.32 Å². The molecule has 5 N–H and O–H groups in total. The lowest BCUT2D eigenvalue weighted by molar-refractivity contribution is -0.119. The zero-order chi connectivity index (χ0) is 16.7. The van der Waals surface area contributed by atoms with Crippen LogP contribution in [0, 0.1) is 0 Å². The Bertz CT molecular complexity index is 490. The second-order valence-electron chi connectivity index (χ2n) is 4.59. The number of ether oxygens (including phenoxy) is 1. The van der Waals surface area contributed by atoms with Crippen molar-refractivity contribution >= 4 is 12.2 Å². The molecule has 1 aromatic carbocycles. The van der Waals surface area contributed by atoms with Gasteiger partial charge in [-0.25, -0.2) is 0 Å². The fraction of sp³-hybridized carbons (Fsp3) is 0.429. The summed E-state index contributed by atoms with van der Waals surface area (Å²) in [4.78, 5) is 22.9. The van der Waals surface area contributed by atoms with Crippen LogP contribution in [0.5, 0.6) is 5.75 Å². The summed E-state index contributed by atoms with van der Waals surface area (Å²) in [6, 6.07) is 4.57. The van der Waals surface area contributed by atoms with E-state index in [1.54, 1.807) is 12.1 Å². The largest absolute Gasteiger partial charge is 0.497 e. The highest BCUT2D eigenvalue weighted by Gasteiger charge is 2.32. The summed E-state index contributed by atoms with van der Waals surface area (Å²) in [5.41, 5.74) is 0.219. The molecule has 1 rings (SSSR count). The number of methoxy groups -OCH3 is 1. The van der Waals surface area contributed by atoms with Gasteiger partial charge in [-0.05, 0) is 24.3 Å². The van der Waals surface area contributed by atoms with Crippen LogP contribution in [-0.4, -0.2) is 70.7 Å². The number of hydrogen-bond donors (Lipinski definition) is 5. The van der Waals surface area contributed by atoms with Crippen LogP contribution < -0.4 is 10.1 Å². The Morgan fingerprint density at radius 3 is 2.27 bits per heavy atom. The maximum Gasteiger partial charge on any atom is 0.251 e. The van der Waals surface area contributed by atoms with E-state index in [1.807, 2.05) is 0 Å². The number of aliphatic hydroxyl groups excluding tert-OH is 4. The fourth-order valence-electron chi connectivity index (χ4n) is 1.73. The van der Waals surface area contributed by atoms with Gasteiger partial charge in [0.15, 0.2) is 0 Å². The standard InChI is InChI=1S/C14H19NO7/c1-22-9-4-2-8(3-5-9)14(21)15-10(6-16)12(19)13(20)11(18)7-17/h2-6,10-13,17-20H,7H2,1H3,(H,15,21)/t10-,11?,12+,13+/m0/s1. The number of amides is 1.